The first-order valence-corrected chi connectivity index (χ1v) is 9.85. The normalized spacial score (nSPS) is 17.5. The minimum absolute atomic E-state index is 0.0511. The molecule has 1 aromatic carbocycles. The van der Waals surface area contributed by atoms with Crippen LogP contribution in [0.1, 0.15) is 48.9 Å². The Labute approximate surface area is 174 Å². The van der Waals surface area contributed by atoms with Crippen LogP contribution in [0.2, 0.25) is 0 Å². The van der Waals surface area contributed by atoms with Crippen molar-refractivity contribution in [2.75, 3.05) is 20.8 Å². The second-order valence-electron chi connectivity index (χ2n) is 7.35. The maximum Gasteiger partial charge on any atom is 0.325 e. The minimum Gasteiger partial charge on any atom is -0.493 e. The molecule has 1 aliphatic heterocycles. The lowest BCUT2D eigenvalue weighted by atomic mass is 9.82. The average Bonchev–Trinajstić information content (AvgIpc) is 2.99. The SMILES string of the molecule is COc1ccc(C(=O)NNC(=O)CCN2C(=O)NC3(CCCCC3)C2=O)cc1OC. The van der Waals surface area contributed by atoms with Gasteiger partial charge in [0.25, 0.3) is 11.8 Å². The van der Waals surface area contributed by atoms with Gasteiger partial charge in [0.15, 0.2) is 11.5 Å². The number of carbonyl (C=O) groups is 4. The largest absolute Gasteiger partial charge is 0.493 e. The number of nitrogens with one attached hydrogen (secondary N) is 3. The van der Waals surface area contributed by atoms with E-state index in [0.29, 0.717) is 24.3 Å². The number of hydrogen-bond donors (Lipinski definition) is 3. The summed E-state index contributed by atoms with van der Waals surface area (Å²) in [6.45, 7) is -0.0511. The van der Waals surface area contributed by atoms with E-state index in [9.17, 15) is 19.2 Å². The number of ether oxygens (including phenoxy) is 2. The molecule has 0 aromatic heterocycles. The van der Waals surface area contributed by atoms with Crippen LogP contribution in [0.4, 0.5) is 4.79 Å². The van der Waals surface area contributed by atoms with Gasteiger partial charge < -0.3 is 14.8 Å². The number of hydrogen-bond acceptors (Lipinski definition) is 6. The maximum absolute atomic E-state index is 12.7. The highest BCUT2D eigenvalue weighted by molar-refractivity contribution is 6.07. The van der Waals surface area contributed by atoms with Crippen LogP contribution >= 0.6 is 0 Å². The molecule has 1 heterocycles. The summed E-state index contributed by atoms with van der Waals surface area (Å²) in [5.41, 5.74) is 4.05. The number of nitrogens with zero attached hydrogens (tertiary/aromatic N) is 1. The molecule has 0 bridgehead atoms. The van der Waals surface area contributed by atoms with Crippen LogP contribution < -0.4 is 25.6 Å². The monoisotopic (exact) mass is 418 g/mol. The van der Waals surface area contributed by atoms with Crippen molar-refractivity contribution < 1.29 is 28.7 Å². The number of hydrazine groups is 1. The minimum atomic E-state index is -0.812. The zero-order chi connectivity index (χ0) is 21.7. The number of amides is 5. The van der Waals surface area contributed by atoms with Crippen molar-refractivity contribution in [3.8, 4) is 11.5 Å². The van der Waals surface area contributed by atoms with Crippen molar-refractivity contribution in [1.82, 2.24) is 21.1 Å². The number of rotatable bonds is 6. The Balaban J connectivity index is 1.50. The second-order valence-corrected chi connectivity index (χ2v) is 7.35. The van der Waals surface area contributed by atoms with Crippen molar-refractivity contribution >= 4 is 23.8 Å². The van der Waals surface area contributed by atoms with E-state index in [-0.39, 0.29) is 24.4 Å². The van der Waals surface area contributed by atoms with Crippen molar-refractivity contribution in [3.05, 3.63) is 23.8 Å². The predicted octanol–water partition coefficient (Wildman–Crippen LogP) is 1.11. The van der Waals surface area contributed by atoms with Crippen LogP contribution in [0.15, 0.2) is 18.2 Å². The van der Waals surface area contributed by atoms with E-state index in [0.717, 1.165) is 24.2 Å². The summed E-state index contributed by atoms with van der Waals surface area (Å²) in [6.07, 6.45) is 3.96. The molecule has 1 aromatic rings. The average molecular weight is 418 g/mol. The van der Waals surface area contributed by atoms with Gasteiger partial charge in [-0.2, -0.15) is 0 Å². The first kappa shape index (κ1) is 21.4. The lowest BCUT2D eigenvalue weighted by Crippen LogP contribution is -2.48. The molecule has 1 saturated heterocycles. The number of benzene rings is 1. The molecular formula is C20H26N4O6. The third kappa shape index (κ3) is 4.32. The highest BCUT2D eigenvalue weighted by atomic mass is 16.5. The summed E-state index contributed by atoms with van der Waals surface area (Å²) < 4.78 is 10.3. The molecule has 3 rings (SSSR count). The lowest BCUT2D eigenvalue weighted by Gasteiger charge is -2.30. The zero-order valence-corrected chi connectivity index (χ0v) is 17.1. The Morgan fingerprint density at radius 3 is 2.43 bits per heavy atom. The number of urea groups is 1. The fourth-order valence-corrected chi connectivity index (χ4v) is 3.83. The van der Waals surface area contributed by atoms with Crippen molar-refractivity contribution in [3.63, 3.8) is 0 Å². The highest BCUT2D eigenvalue weighted by Gasteiger charge is 2.51. The predicted molar refractivity (Wildman–Crippen MR) is 106 cm³/mol. The smallest absolute Gasteiger partial charge is 0.325 e. The van der Waals surface area contributed by atoms with Gasteiger partial charge >= 0.3 is 6.03 Å². The van der Waals surface area contributed by atoms with Gasteiger partial charge in [0.05, 0.1) is 14.2 Å². The summed E-state index contributed by atoms with van der Waals surface area (Å²) in [5.74, 6) is -0.474. The van der Waals surface area contributed by atoms with E-state index < -0.39 is 23.4 Å². The molecule has 0 unspecified atom stereocenters. The van der Waals surface area contributed by atoms with Crippen LogP contribution in [0.3, 0.4) is 0 Å². The number of imide groups is 1. The molecular weight excluding hydrogens is 392 g/mol. The van der Waals surface area contributed by atoms with Crippen molar-refractivity contribution in [2.24, 2.45) is 0 Å². The summed E-state index contributed by atoms with van der Waals surface area (Å²) >= 11 is 0. The second kappa shape index (κ2) is 9.02. The number of methoxy groups -OCH3 is 2. The molecule has 2 aliphatic rings. The molecule has 0 atom stereocenters. The van der Waals surface area contributed by atoms with Gasteiger partial charge in [0.2, 0.25) is 5.91 Å². The van der Waals surface area contributed by atoms with E-state index in [1.807, 2.05) is 0 Å². The van der Waals surface area contributed by atoms with Gasteiger partial charge in [-0.05, 0) is 31.0 Å². The third-order valence-electron chi connectivity index (χ3n) is 5.48. The number of carbonyl (C=O) groups excluding carboxylic acids is 4. The molecule has 0 radical (unpaired) electrons. The molecule has 3 N–H and O–H groups in total. The molecule has 1 spiro atoms. The molecule has 10 nitrogen and oxygen atoms in total. The fraction of sp³-hybridized carbons (Fsp3) is 0.500. The Bertz CT molecular complexity index is 850. The van der Waals surface area contributed by atoms with Gasteiger partial charge in [0, 0.05) is 18.5 Å². The standard InChI is InChI=1S/C20H26N4O6/c1-29-14-7-6-13(12-15(14)30-2)17(26)23-22-16(25)8-11-24-18(27)20(21-19(24)28)9-4-3-5-10-20/h6-7,12H,3-5,8-11H2,1-2H3,(H,21,28)(H,22,25)(H,23,26). The van der Waals surface area contributed by atoms with Gasteiger partial charge in [-0.15, -0.1) is 0 Å². The molecule has 2 fully saturated rings. The van der Waals surface area contributed by atoms with E-state index in [2.05, 4.69) is 16.2 Å². The Morgan fingerprint density at radius 2 is 1.77 bits per heavy atom. The van der Waals surface area contributed by atoms with Crippen LogP contribution in [0.5, 0.6) is 11.5 Å². The van der Waals surface area contributed by atoms with Crippen LogP contribution in [-0.2, 0) is 9.59 Å². The van der Waals surface area contributed by atoms with Gasteiger partial charge in [-0.3, -0.25) is 30.1 Å². The van der Waals surface area contributed by atoms with Crippen molar-refractivity contribution in [2.45, 2.75) is 44.1 Å². The molecule has 1 saturated carbocycles. The molecule has 1 aliphatic carbocycles. The first-order valence-electron chi connectivity index (χ1n) is 9.85. The Hall–Kier alpha value is -3.30. The quantitative estimate of drug-likeness (QED) is 0.469. The van der Waals surface area contributed by atoms with Crippen LogP contribution in [0.25, 0.3) is 0 Å². The fourth-order valence-electron chi connectivity index (χ4n) is 3.83. The molecule has 5 amide bonds. The summed E-state index contributed by atoms with van der Waals surface area (Å²) in [4.78, 5) is 50.3. The lowest BCUT2D eigenvalue weighted by molar-refractivity contribution is -0.132. The summed E-state index contributed by atoms with van der Waals surface area (Å²) in [5, 5.41) is 2.80. The Kier molecular flexibility index (Phi) is 6.43. The van der Waals surface area contributed by atoms with Crippen LogP contribution in [0, 0.1) is 0 Å². The van der Waals surface area contributed by atoms with Gasteiger partial charge in [-0.25, -0.2) is 4.79 Å². The first-order chi connectivity index (χ1) is 14.4. The molecule has 30 heavy (non-hydrogen) atoms. The van der Waals surface area contributed by atoms with E-state index >= 15 is 0 Å². The topological polar surface area (TPSA) is 126 Å². The Morgan fingerprint density at radius 1 is 1.07 bits per heavy atom. The van der Waals surface area contributed by atoms with Gasteiger partial charge in [0.1, 0.15) is 5.54 Å². The summed E-state index contributed by atoms with van der Waals surface area (Å²) in [7, 11) is 2.94. The zero-order valence-electron chi connectivity index (χ0n) is 17.1. The van der Waals surface area contributed by atoms with E-state index in [1.54, 1.807) is 6.07 Å². The molecule has 162 valence electrons. The maximum atomic E-state index is 12.7. The summed E-state index contributed by atoms with van der Waals surface area (Å²) in [6, 6.07) is 4.12. The van der Waals surface area contributed by atoms with Crippen molar-refractivity contribution in [1.29, 1.82) is 0 Å². The highest BCUT2D eigenvalue weighted by Crippen LogP contribution is 2.33. The van der Waals surface area contributed by atoms with E-state index in [4.69, 9.17) is 9.47 Å². The van der Waals surface area contributed by atoms with Gasteiger partial charge in [-0.1, -0.05) is 19.3 Å². The van der Waals surface area contributed by atoms with E-state index in [1.165, 1.54) is 26.4 Å². The van der Waals surface area contributed by atoms with Crippen LogP contribution in [-0.4, -0.2) is 55.0 Å². The third-order valence-corrected chi connectivity index (χ3v) is 5.48. The molecule has 10 heteroatoms.